The van der Waals surface area contributed by atoms with E-state index in [1.807, 2.05) is 0 Å². The second-order valence-corrected chi connectivity index (χ2v) is 8.98. The van der Waals surface area contributed by atoms with E-state index in [0.717, 1.165) is 64.2 Å². The first kappa shape index (κ1) is 38.4. The average molecular weight is 545 g/mol. The third-order valence-electron chi connectivity index (χ3n) is 5.94. The SMILES string of the molecule is C.COCCOCCN.COCCOCCNC(=O)C1CC/C=C\CCC1.O=C(O)C1CC/C=C\CCC1. The molecule has 2 aliphatic rings. The number of nitrogens with two attached hydrogens (primary N) is 1. The molecule has 1 amide bonds. The van der Waals surface area contributed by atoms with Crippen molar-refractivity contribution in [3.8, 4) is 0 Å². The molecule has 0 aromatic heterocycles. The molecule has 0 aromatic carbocycles. The maximum Gasteiger partial charge on any atom is 0.306 e. The molecular weight excluding hydrogens is 488 g/mol. The zero-order valence-corrected chi connectivity index (χ0v) is 23.2. The van der Waals surface area contributed by atoms with E-state index in [4.69, 9.17) is 29.8 Å². The van der Waals surface area contributed by atoms with Crippen molar-refractivity contribution in [3.05, 3.63) is 24.3 Å². The molecule has 38 heavy (non-hydrogen) atoms. The van der Waals surface area contributed by atoms with Crippen LogP contribution in [0.5, 0.6) is 0 Å². The summed E-state index contributed by atoms with van der Waals surface area (Å²) in [4.78, 5) is 22.5. The van der Waals surface area contributed by atoms with Gasteiger partial charge in [-0.15, -0.1) is 0 Å². The van der Waals surface area contributed by atoms with Crippen molar-refractivity contribution in [1.29, 1.82) is 0 Å². The van der Waals surface area contributed by atoms with Gasteiger partial charge in [-0.05, 0) is 64.2 Å². The Balaban J connectivity index is 0. The third kappa shape index (κ3) is 24.6. The molecule has 0 heterocycles. The van der Waals surface area contributed by atoms with Crippen LogP contribution in [0.1, 0.15) is 71.6 Å². The van der Waals surface area contributed by atoms with Gasteiger partial charge in [0, 0.05) is 33.2 Å². The largest absolute Gasteiger partial charge is 0.481 e. The van der Waals surface area contributed by atoms with Crippen molar-refractivity contribution in [1.82, 2.24) is 5.32 Å². The predicted octanol–water partition coefficient (Wildman–Crippen LogP) is 4.35. The fraction of sp³-hybridized carbons (Fsp3) is 0.793. The molecule has 0 radical (unpaired) electrons. The maximum atomic E-state index is 11.9. The summed E-state index contributed by atoms with van der Waals surface area (Å²) in [6.07, 6.45) is 18.5. The van der Waals surface area contributed by atoms with Gasteiger partial charge < -0.3 is 35.1 Å². The first-order valence-corrected chi connectivity index (χ1v) is 13.7. The Morgan fingerprint density at radius 3 is 1.79 bits per heavy atom. The molecule has 9 nitrogen and oxygen atoms in total. The predicted molar refractivity (Wildman–Crippen MR) is 153 cm³/mol. The number of rotatable bonds is 13. The number of allylic oxidation sites excluding steroid dienone is 4. The van der Waals surface area contributed by atoms with Crippen LogP contribution in [0.2, 0.25) is 0 Å². The number of hydrogen-bond acceptors (Lipinski definition) is 7. The number of carboxylic acids is 1. The second-order valence-electron chi connectivity index (χ2n) is 8.98. The second kappa shape index (κ2) is 29.8. The average Bonchev–Trinajstić information content (AvgIpc) is 2.84. The van der Waals surface area contributed by atoms with Crippen LogP contribution in [0.15, 0.2) is 24.3 Å². The summed E-state index contributed by atoms with van der Waals surface area (Å²) in [5.74, 6) is -0.366. The molecule has 0 fully saturated rings. The standard InChI is InChI=1S/C14H25NO3.C9H14O2.C5H13NO2.CH4/c1-17-11-12-18-10-9-15-14(16)13-7-5-3-2-4-6-8-13;10-9(11)8-6-4-2-1-3-5-7-8;1-7-4-5-8-3-2-6;/h2-3,13H,4-12H2,1H3,(H,15,16);1-2,8H,3-7H2,(H,10,11);2-6H2,1H3;1H4/b3-2-;2-1-;;. The summed E-state index contributed by atoms with van der Waals surface area (Å²) in [7, 11) is 3.29. The van der Waals surface area contributed by atoms with Crippen LogP contribution < -0.4 is 11.1 Å². The number of carboxylic acid groups (broad SMARTS) is 1. The van der Waals surface area contributed by atoms with Crippen LogP contribution in [0.25, 0.3) is 0 Å². The van der Waals surface area contributed by atoms with Crippen molar-refractivity contribution in [3.63, 3.8) is 0 Å². The van der Waals surface area contributed by atoms with E-state index in [1.165, 1.54) is 0 Å². The number of ether oxygens (including phenoxy) is 4. The number of hydrogen-bond donors (Lipinski definition) is 3. The van der Waals surface area contributed by atoms with Gasteiger partial charge in [0.05, 0.1) is 45.6 Å². The fourth-order valence-corrected chi connectivity index (χ4v) is 3.79. The Labute approximate surface area is 231 Å². The van der Waals surface area contributed by atoms with Gasteiger partial charge in [0.15, 0.2) is 0 Å². The van der Waals surface area contributed by atoms with Crippen molar-refractivity contribution < 1.29 is 33.6 Å². The lowest BCUT2D eigenvalue weighted by molar-refractivity contribution is -0.142. The first-order chi connectivity index (χ1) is 18.1. The van der Waals surface area contributed by atoms with Crippen LogP contribution in [-0.4, -0.2) is 83.9 Å². The van der Waals surface area contributed by atoms with Gasteiger partial charge in [-0.2, -0.15) is 0 Å². The summed E-state index contributed by atoms with van der Waals surface area (Å²) in [6.45, 7) is 4.85. The van der Waals surface area contributed by atoms with Gasteiger partial charge in [0.1, 0.15) is 0 Å². The minimum Gasteiger partial charge on any atom is -0.481 e. The highest BCUT2D eigenvalue weighted by Crippen LogP contribution is 2.19. The maximum absolute atomic E-state index is 11.9. The van der Waals surface area contributed by atoms with Gasteiger partial charge >= 0.3 is 5.97 Å². The van der Waals surface area contributed by atoms with Crippen LogP contribution in [0, 0.1) is 11.8 Å². The van der Waals surface area contributed by atoms with Crippen molar-refractivity contribution in [2.75, 3.05) is 67.0 Å². The third-order valence-corrected chi connectivity index (χ3v) is 5.94. The summed E-state index contributed by atoms with van der Waals surface area (Å²) in [5, 5.41) is 11.7. The summed E-state index contributed by atoms with van der Waals surface area (Å²) < 4.78 is 19.9. The highest BCUT2D eigenvalue weighted by atomic mass is 16.5. The molecule has 2 aliphatic carbocycles. The molecule has 0 spiro atoms. The monoisotopic (exact) mass is 544 g/mol. The molecule has 224 valence electrons. The van der Waals surface area contributed by atoms with Gasteiger partial charge in [-0.1, -0.05) is 31.7 Å². The molecule has 0 saturated heterocycles. The van der Waals surface area contributed by atoms with E-state index in [-0.39, 0.29) is 25.2 Å². The lowest BCUT2D eigenvalue weighted by atomic mass is 9.93. The normalized spacial score (nSPS) is 20.7. The number of methoxy groups -OCH3 is 2. The molecule has 0 aliphatic heterocycles. The zero-order valence-electron chi connectivity index (χ0n) is 23.2. The van der Waals surface area contributed by atoms with E-state index in [1.54, 1.807) is 14.2 Å². The van der Waals surface area contributed by atoms with E-state index < -0.39 is 5.97 Å². The molecule has 0 saturated carbocycles. The van der Waals surface area contributed by atoms with Crippen molar-refractivity contribution in [2.45, 2.75) is 71.6 Å². The number of amides is 1. The molecule has 9 heteroatoms. The molecule has 2 rings (SSSR count). The van der Waals surface area contributed by atoms with Crippen molar-refractivity contribution in [2.24, 2.45) is 17.6 Å². The minimum absolute atomic E-state index is 0. The van der Waals surface area contributed by atoms with Crippen LogP contribution >= 0.6 is 0 Å². The summed E-state index contributed by atoms with van der Waals surface area (Å²) in [5.41, 5.74) is 5.14. The lowest BCUT2D eigenvalue weighted by Gasteiger charge is -2.17. The van der Waals surface area contributed by atoms with E-state index >= 15 is 0 Å². The highest BCUT2D eigenvalue weighted by Gasteiger charge is 2.17. The molecule has 0 aromatic rings. The van der Waals surface area contributed by atoms with Crippen LogP contribution in [0.3, 0.4) is 0 Å². The summed E-state index contributed by atoms with van der Waals surface area (Å²) >= 11 is 0. The van der Waals surface area contributed by atoms with Gasteiger partial charge in [-0.25, -0.2) is 0 Å². The number of aliphatic carboxylic acids is 1. The molecule has 0 bridgehead atoms. The van der Waals surface area contributed by atoms with Crippen molar-refractivity contribution >= 4 is 11.9 Å². The molecule has 2 atom stereocenters. The van der Waals surface area contributed by atoms with E-state index in [0.29, 0.717) is 52.7 Å². The Bertz CT molecular complexity index is 593. The van der Waals surface area contributed by atoms with Gasteiger partial charge in [0.2, 0.25) is 5.91 Å². The topological polar surface area (TPSA) is 129 Å². The lowest BCUT2D eigenvalue weighted by Crippen LogP contribution is -2.33. The van der Waals surface area contributed by atoms with Gasteiger partial charge in [0.25, 0.3) is 0 Å². The summed E-state index contributed by atoms with van der Waals surface area (Å²) in [6, 6.07) is 0. The zero-order chi connectivity index (χ0) is 27.4. The highest BCUT2D eigenvalue weighted by molar-refractivity contribution is 5.78. The van der Waals surface area contributed by atoms with E-state index in [2.05, 4.69) is 29.6 Å². The van der Waals surface area contributed by atoms with Gasteiger partial charge in [-0.3, -0.25) is 9.59 Å². The minimum atomic E-state index is -0.625. The molecule has 4 N–H and O–H groups in total. The Kier molecular flexibility index (Phi) is 30.1. The molecule has 2 unspecified atom stereocenters. The smallest absolute Gasteiger partial charge is 0.306 e. The quantitative estimate of drug-likeness (QED) is 0.230. The molecular formula is C29H56N2O7. The number of nitrogens with one attached hydrogen (secondary N) is 1. The fourth-order valence-electron chi connectivity index (χ4n) is 3.79. The Morgan fingerprint density at radius 1 is 0.763 bits per heavy atom. The Morgan fingerprint density at radius 2 is 1.26 bits per heavy atom. The number of carbonyl (C=O) groups is 2. The first-order valence-electron chi connectivity index (χ1n) is 13.7. The van der Waals surface area contributed by atoms with E-state index in [9.17, 15) is 9.59 Å². The van der Waals surface area contributed by atoms with Crippen LogP contribution in [0.4, 0.5) is 0 Å². The Hall–Kier alpha value is -1.78. The number of carbonyl (C=O) groups excluding carboxylic acids is 1. The van der Waals surface area contributed by atoms with Crippen LogP contribution in [-0.2, 0) is 28.5 Å².